The molecule has 2 saturated heterocycles. The lowest BCUT2D eigenvalue weighted by Gasteiger charge is -2.36. The van der Waals surface area contributed by atoms with Crippen LogP contribution in [-0.2, 0) is 0 Å². The molecular formula is C15H25N3S. The van der Waals surface area contributed by atoms with Crippen LogP contribution in [0.25, 0.3) is 0 Å². The van der Waals surface area contributed by atoms with Crippen LogP contribution in [0.4, 0.5) is 0 Å². The third-order valence-electron chi connectivity index (χ3n) is 5.08. The Hall–Kier alpha value is -0.450. The molecule has 0 spiro atoms. The van der Waals surface area contributed by atoms with E-state index in [1.54, 1.807) is 11.3 Å². The lowest BCUT2D eigenvalue weighted by molar-refractivity contribution is 0.131. The van der Waals surface area contributed by atoms with Crippen LogP contribution in [0.2, 0.25) is 0 Å². The molecule has 0 saturated carbocycles. The summed E-state index contributed by atoms with van der Waals surface area (Å²) in [5.74, 6) is 0.865. The largest absolute Gasteiger partial charge is 0.309 e. The molecule has 3 unspecified atom stereocenters. The molecular weight excluding hydrogens is 254 g/mol. The Labute approximate surface area is 120 Å². The molecule has 1 aromatic rings. The van der Waals surface area contributed by atoms with Gasteiger partial charge in [-0.15, -0.1) is 11.3 Å². The molecule has 3 heterocycles. The number of piperidine rings is 1. The Morgan fingerprint density at radius 3 is 2.68 bits per heavy atom. The minimum absolute atomic E-state index is 0.449. The summed E-state index contributed by atoms with van der Waals surface area (Å²) in [6.07, 6.45) is 5.60. The molecule has 3 rings (SSSR count). The van der Waals surface area contributed by atoms with Gasteiger partial charge in [0.05, 0.1) is 11.2 Å². The number of rotatable bonds is 4. The third-order valence-corrected chi connectivity index (χ3v) is 6.20. The summed E-state index contributed by atoms with van der Waals surface area (Å²) in [6.45, 7) is 5.54. The van der Waals surface area contributed by atoms with E-state index in [0.717, 1.165) is 18.0 Å². The highest BCUT2D eigenvalue weighted by atomic mass is 32.1. The fourth-order valence-electron chi connectivity index (χ4n) is 3.85. The molecule has 2 fully saturated rings. The van der Waals surface area contributed by atoms with Gasteiger partial charge in [-0.2, -0.15) is 0 Å². The molecule has 4 heteroatoms. The molecule has 1 aromatic heterocycles. The molecule has 2 aliphatic rings. The highest BCUT2D eigenvalue weighted by Gasteiger charge is 2.38. The van der Waals surface area contributed by atoms with Gasteiger partial charge in [-0.3, -0.25) is 0 Å². The maximum absolute atomic E-state index is 4.35. The van der Waals surface area contributed by atoms with Gasteiger partial charge in [0.25, 0.3) is 0 Å². The number of aromatic nitrogens is 1. The number of thiazole rings is 1. The van der Waals surface area contributed by atoms with Crippen LogP contribution in [0.1, 0.15) is 49.2 Å². The van der Waals surface area contributed by atoms with Gasteiger partial charge in [0.1, 0.15) is 0 Å². The van der Waals surface area contributed by atoms with E-state index in [2.05, 4.69) is 36.1 Å². The monoisotopic (exact) mass is 279 g/mol. The van der Waals surface area contributed by atoms with E-state index in [9.17, 15) is 0 Å². The van der Waals surface area contributed by atoms with Gasteiger partial charge in [0.15, 0.2) is 0 Å². The van der Waals surface area contributed by atoms with E-state index >= 15 is 0 Å². The van der Waals surface area contributed by atoms with E-state index in [1.165, 1.54) is 42.8 Å². The van der Waals surface area contributed by atoms with E-state index in [4.69, 9.17) is 0 Å². The predicted octanol–water partition coefficient (Wildman–Crippen LogP) is 2.97. The molecule has 0 amide bonds. The lowest BCUT2D eigenvalue weighted by Crippen LogP contribution is -2.42. The SMILES string of the molecule is Cc1ncsc1C(C)NCC1CC2CCC(C1)N2C. The summed E-state index contributed by atoms with van der Waals surface area (Å²) in [6, 6.07) is 2.15. The topological polar surface area (TPSA) is 28.2 Å². The van der Waals surface area contributed by atoms with E-state index < -0.39 is 0 Å². The van der Waals surface area contributed by atoms with Crippen LogP contribution in [0.5, 0.6) is 0 Å². The van der Waals surface area contributed by atoms with Crippen molar-refractivity contribution in [2.75, 3.05) is 13.6 Å². The summed E-state index contributed by atoms with van der Waals surface area (Å²) in [4.78, 5) is 8.37. The normalized spacial score (nSPS) is 32.7. The Morgan fingerprint density at radius 2 is 2.11 bits per heavy atom. The Bertz CT molecular complexity index is 417. The van der Waals surface area contributed by atoms with E-state index in [0.29, 0.717) is 6.04 Å². The van der Waals surface area contributed by atoms with Crippen LogP contribution in [0, 0.1) is 12.8 Å². The molecule has 0 radical (unpaired) electrons. The van der Waals surface area contributed by atoms with Gasteiger partial charge in [-0.1, -0.05) is 0 Å². The fraction of sp³-hybridized carbons (Fsp3) is 0.800. The molecule has 1 N–H and O–H groups in total. The Balaban J connectivity index is 1.52. The van der Waals surface area contributed by atoms with Crippen LogP contribution in [0.3, 0.4) is 0 Å². The predicted molar refractivity (Wildman–Crippen MR) is 80.6 cm³/mol. The maximum atomic E-state index is 4.35. The molecule has 2 bridgehead atoms. The summed E-state index contributed by atoms with van der Waals surface area (Å²) >= 11 is 1.78. The molecule has 3 atom stereocenters. The van der Waals surface area contributed by atoms with Crippen molar-refractivity contribution in [3.05, 3.63) is 16.1 Å². The first-order valence-electron chi connectivity index (χ1n) is 7.50. The van der Waals surface area contributed by atoms with E-state index in [-0.39, 0.29) is 0 Å². The van der Waals surface area contributed by atoms with Crippen molar-refractivity contribution >= 4 is 11.3 Å². The smallest absolute Gasteiger partial charge is 0.0798 e. The van der Waals surface area contributed by atoms with Gasteiger partial charge >= 0.3 is 0 Å². The second-order valence-corrected chi connectivity index (χ2v) is 7.21. The zero-order valence-corrected chi connectivity index (χ0v) is 13.0. The second kappa shape index (κ2) is 5.51. The van der Waals surface area contributed by atoms with Crippen LogP contribution < -0.4 is 5.32 Å². The summed E-state index contributed by atoms with van der Waals surface area (Å²) < 4.78 is 0. The fourth-order valence-corrected chi connectivity index (χ4v) is 4.69. The highest BCUT2D eigenvalue weighted by Crippen LogP contribution is 2.37. The number of aryl methyl sites for hydroxylation is 1. The number of fused-ring (bicyclic) bond motifs is 2. The van der Waals surface area contributed by atoms with Gasteiger partial charge in [0, 0.05) is 23.0 Å². The number of hydrogen-bond donors (Lipinski definition) is 1. The van der Waals surface area contributed by atoms with E-state index in [1.807, 2.05) is 5.51 Å². The Kier molecular flexibility index (Phi) is 3.92. The first-order valence-corrected chi connectivity index (χ1v) is 8.38. The summed E-state index contributed by atoms with van der Waals surface area (Å²) in [5, 5.41) is 3.73. The van der Waals surface area contributed by atoms with Gasteiger partial charge in [0.2, 0.25) is 0 Å². The van der Waals surface area contributed by atoms with Gasteiger partial charge < -0.3 is 10.2 Å². The minimum Gasteiger partial charge on any atom is -0.309 e. The van der Waals surface area contributed by atoms with Gasteiger partial charge in [-0.05, 0) is 59.0 Å². The maximum Gasteiger partial charge on any atom is 0.0798 e. The van der Waals surface area contributed by atoms with Crippen LogP contribution in [0.15, 0.2) is 5.51 Å². The van der Waals surface area contributed by atoms with Crippen molar-refractivity contribution in [2.45, 2.75) is 57.7 Å². The van der Waals surface area contributed by atoms with Gasteiger partial charge in [-0.25, -0.2) is 4.98 Å². The summed E-state index contributed by atoms with van der Waals surface area (Å²) in [5.41, 5.74) is 3.15. The molecule has 0 aliphatic carbocycles. The van der Waals surface area contributed by atoms with Crippen molar-refractivity contribution in [3.8, 4) is 0 Å². The van der Waals surface area contributed by atoms with Crippen molar-refractivity contribution in [1.29, 1.82) is 0 Å². The molecule has 2 aliphatic heterocycles. The van der Waals surface area contributed by atoms with Crippen LogP contribution in [-0.4, -0.2) is 35.6 Å². The Morgan fingerprint density at radius 1 is 1.42 bits per heavy atom. The zero-order chi connectivity index (χ0) is 13.4. The molecule has 19 heavy (non-hydrogen) atoms. The average Bonchev–Trinajstić information content (AvgIpc) is 2.87. The zero-order valence-electron chi connectivity index (χ0n) is 12.2. The quantitative estimate of drug-likeness (QED) is 0.918. The van der Waals surface area contributed by atoms with Crippen LogP contribution >= 0.6 is 11.3 Å². The van der Waals surface area contributed by atoms with Crippen molar-refractivity contribution < 1.29 is 0 Å². The average molecular weight is 279 g/mol. The molecule has 106 valence electrons. The standard InChI is InChI=1S/C15H25N3S/c1-10(15-11(2)17-9-19-15)16-8-12-6-13-4-5-14(7-12)18(13)3/h9-10,12-14,16H,4-8H2,1-3H3. The number of hydrogen-bond acceptors (Lipinski definition) is 4. The first-order chi connectivity index (χ1) is 9.15. The molecule has 0 aromatic carbocycles. The first kappa shape index (κ1) is 13.5. The summed E-state index contributed by atoms with van der Waals surface area (Å²) in [7, 11) is 2.31. The van der Waals surface area contributed by atoms with Crippen molar-refractivity contribution in [2.24, 2.45) is 5.92 Å². The highest BCUT2D eigenvalue weighted by molar-refractivity contribution is 7.09. The lowest BCUT2D eigenvalue weighted by atomic mass is 9.91. The van der Waals surface area contributed by atoms with Crippen molar-refractivity contribution in [3.63, 3.8) is 0 Å². The second-order valence-electron chi connectivity index (χ2n) is 6.32. The molecule has 3 nitrogen and oxygen atoms in total. The minimum atomic E-state index is 0.449. The van der Waals surface area contributed by atoms with Crippen molar-refractivity contribution in [1.82, 2.24) is 15.2 Å². The number of nitrogens with zero attached hydrogens (tertiary/aromatic N) is 2. The third kappa shape index (κ3) is 2.71. The number of nitrogens with one attached hydrogen (secondary N) is 1.